The van der Waals surface area contributed by atoms with Crippen molar-refractivity contribution in [2.24, 2.45) is 0 Å². The van der Waals surface area contributed by atoms with Crippen molar-refractivity contribution >= 4 is 11.7 Å². The van der Waals surface area contributed by atoms with Gasteiger partial charge >= 0.3 is 0 Å². The molecule has 1 saturated heterocycles. The van der Waals surface area contributed by atoms with Crippen LogP contribution in [0.5, 0.6) is 0 Å². The quantitative estimate of drug-likeness (QED) is 0.585. The SMILES string of the molecule is Nc1nonc1-n1nnc(C(=O)NCCc2cccnc2)c1CN1CCCCC1. The molecule has 1 aliphatic rings. The van der Waals surface area contributed by atoms with Gasteiger partial charge in [0.25, 0.3) is 5.91 Å². The number of hydrogen-bond acceptors (Lipinski definition) is 9. The average Bonchev–Trinajstić information content (AvgIpc) is 3.35. The number of nitrogens with one attached hydrogen (secondary N) is 1. The Morgan fingerprint density at radius 3 is 2.83 bits per heavy atom. The van der Waals surface area contributed by atoms with Gasteiger partial charge in [0, 0.05) is 25.5 Å². The summed E-state index contributed by atoms with van der Waals surface area (Å²) in [6.45, 7) is 2.90. The number of hydrogen-bond donors (Lipinski definition) is 2. The number of amides is 1. The maximum Gasteiger partial charge on any atom is 0.273 e. The third kappa shape index (κ3) is 4.40. The molecule has 4 heterocycles. The van der Waals surface area contributed by atoms with E-state index in [1.807, 2.05) is 12.1 Å². The Bertz CT molecular complexity index is 947. The highest BCUT2D eigenvalue weighted by molar-refractivity contribution is 5.93. The molecular weight excluding hydrogens is 374 g/mol. The summed E-state index contributed by atoms with van der Waals surface area (Å²) in [5.41, 5.74) is 7.75. The fourth-order valence-corrected chi connectivity index (χ4v) is 3.41. The van der Waals surface area contributed by atoms with Gasteiger partial charge in [-0.1, -0.05) is 17.7 Å². The number of nitrogens with zero attached hydrogens (tertiary/aromatic N) is 7. The van der Waals surface area contributed by atoms with Gasteiger partial charge in [-0.15, -0.1) is 5.10 Å². The first kappa shape index (κ1) is 19.0. The molecule has 0 atom stereocenters. The molecule has 0 spiro atoms. The van der Waals surface area contributed by atoms with Crippen LogP contribution in [0.1, 0.15) is 41.0 Å². The largest absolute Gasteiger partial charge is 0.378 e. The predicted octanol–water partition coefficient (Wildman–Crippen LogP) is 0.586. The molecule has 0 aromatic carbocycles. The summed E-state index contributed by atoms with van der Waals surface area (Å²) in [4.78, 5) is 19.2. The molecule has 11 nitrogen and oxygen atoms in total. The highest BCUT2D eigenvalue weighted by Crippen LogP contribution is 2.19. The molecule has 3 N–H and O–H groups in total. The predicted molar refractivity (Wildman–Crippen MR) is 103 cm³/mol. The molecule has 29 heavy (non-hydrogen) atoms. The van der Waals surface area contributed by atoms with Crippen LogP contribution in [0.25, 0.3) is 5.82 Å². The van der Waals surface area contributed by atoms with E-state index in [0.717, 1.165) is 31.5 Å². The Hall–Kier alpha value is -3.34. The Morgan fingerprint density at radius 2 is 2.10 bits per heavy atom. The molecule has 1 amide bonds. The van der Waals surface area contributed by atoms with Gasteiger partial charge in [-0.2, -0.15) is 4.68 Å². The minimum absolute atomic E-state index is 0.0957. The van der Waals surface area contributed by atoms with Crippen molar-refractivity contribution in [2.75, 3.05) is 25.4 Å². The minimum Gasteiger partial charge on any atom is -0.378 e. The monoisotopic (exact) mass is 397 g/mol. The van der Waals surface area contributed by atoms with E-state index in [4.69, 9.17) is 10.4 Å². The lowest BCUT2D eigenvalue weighted by Crippen LogP contribution is -2.32. The van der Waals surface area contributed by atoms with Gasteiger partial charge < -0.3 is 11.1 Å². The summed E-state index contributed by atoms with van der Waals surface area (Å²) >= 11 is 0. The molecule has 152 valence electrons. The maximum atomic E-state index is 12.8. The Labute approximate surface area is 167 Å². The second-order valence-electron chi connectivity index (χ2n) is 6.97. The molecule has 3 aromatic heterocycles. The molecule has 0 aliphatic carbocycles. The van der Waals surface area contributed by atoms with E-state index in [-0.39, 0.29) is 23.2 Å². The van der Waals surface area contributed by atoms with Crippen molar-refractivity contribution in [2.45, 2.75) is 32.2 Å². The van der Waals surface area contributed by atoms with Crippen LogP contribution in [0, 0.1) is 0 Å². The lowest BCUT2D eigenvalue weighted by Gasteiger charge is -2.26. The number of nitrogen functional groups attached to an aromatic ring is 1. The zero-order valence-electron chi connectivity index (χ0n) is 16.0. The molecule has 0 bridgehead atoms. The second kappa shape index (κ2) is 8.78. The maximum absolute atomic E-state index is 12.8. The topological polar surface area (TPSA) is 141 Å². The van der Waals surface area contributed by atoms with Gasteiger partial charge in [-0.3, -0.25) is 14.7 Å². The second-order valence-corrected chi connectivity index (χ2v) is 6.97. The molecule has 11 heteroatoms. The van der Waals surface area contributed by atoms with Crippen molar-refractivity contribution in [3.05, 3.63) is 41.5 Å². The Balaban J connectivity index is 1.52. The third-order valence-corrected chi connectivity index (χ3v) is 4.92. The van der Waals surface area contributed by atoms with Crippen LogP contribution in [0.15, 0.2) is 29.2 Å². The van der Waals surface area contributed by atoms with Gasteiger partial charge in [0.2, 0.25) is 11.6 Å². The number of aromatic nitrogens is 6. The van der Waals surface area contributed by atoms with E-state index in [0.29, 0.717) is 25.2 Å². The zero-order valence-corrected chi connectivity index (χ0v) is 16.0. The fourth-order valence-electron chi connectivity index (χ4n) is 3.41. The van der Waals surface area contributed by atoms with E-state index in [9.17, 15) is 4.79 Å². The Kier molecular flexibility index (Phi) is 5.75. The van der Waals surface area contributed by atoms with Crippen molar-refractivity contribution in [1.29, 1.82) is 0 Å². The van der Waals surface area contributed by atoms with Crippen molar-refractivity contribution in [3.8, 4) is 5.82 Å². The molecule has 1 aliphatic heterocycles. The number of nitrogens with two attached hydrogens (primary N) is 1. The molecule has 4 rings (SSSR count). The van der Waals surface area contributed by atoms with Crippen molar-refractivity contribution in [3.63, 3.8) is 0 Å². The van der Waals surface area contributed by atoms with E-state index in [1.165, 1.54) is 11.1 Å². The molecule has 0 saturated carbocycles. The van der Waals surface area contributed by atoms with Crippen LogP contribution in [0.4, 0.5) is 5.82 Å². The van der Waals surface area contributed by atoms with Crippen LogP contribution < -0.4 is 11.1 Å². The summed E-state index contributed by atoms with van der Waals surface area (Å²) in [6, 6.07) is 3.84. The van der Waals surface area contributed by atoms with E-state index in [1.54, 1.807) is 12.4 Å². The fraction of sp³-hybridized carbons (Fsp3) is 0.444. The van der Waals surface area contributed by atoms with Crippen molar-refractivity contribution < 1.29 is 9.42 Å². The Morgan fingerprint density at radius 1 is 1.24 bits per heavy atom. The summed E-state index contributed by atoms with van der Waals surface area (Å²) < 4.78 is 6.14. The number of rotatable bonds is 7. The average molecular weight is 397 g/mol. The van der Waals surface area contributed by atoms with Crippen LogP contribution in [-0.2, 0) is 13.0 Å². The van der Waals surface area contributed by atoms with E-state index in [2.05, 4.69) is 35.8 Å². The van der Waals surface area contributed by atoms with Gasteiger partial charge in [-0.25, -0.2) is 4.63 Å². The van der Waals surface area contributed by atoms with Crippen LogP contribution in [-0.4, -0.2) is 60.7 Å². The first-order chi connectivity index (χ1) is 14.2. The van der Waals surface area contributed by atoms with Gasteiger partial charge in [-0.05, 0) is 54.3 Å². The van der Waals surface area contributed by atoms with E-state index < -0.39 is 0 Å². The lowest BCUT2D eigenvalue weighted by molar-refractivity contribution is 0.0946. The number of anilines is 1. The third-order valence-electron chi connectivity index (χ3n) is 4.92. The first-order valence-corrected chi connectivity index (χ1v) is 9.65. The van der Waals surface area contributed by atoms with Crippen LogP contribution >= 0.6 is 0 Å². The highest BCUT2D eigenvalue weighted by Gasteiger charge is 2.25. The number of pyridine rings is 1. The molecule has 1 fully saturated rings. The normalized spacial score (nSPS) is 14.8. The summed E-state index contributed by atoms with van der Waals surface area (Å²) in [5.74, 6) is 0.0411. The van der Waals surface area contributed by atoms with Crippen LogP contribution in [0.2, 0.25) is 0 Å². The number of carbonyl (C=O) groups is 1. The molecule has 0 radical (unpaired) electrons. The lowest BCUT2D eigenvalue weighted by atomic mass is 10.1. The standard InChI is InChI=1S/C18H23N9O2/c19-16-17(24-29-23-16)27-14(12-26-9-2-1-3-10-26)15(22-25-27)18(28)21-8-6-13-5-4-7-20-11-13/h4-5,7,11H,1-3,6,8-10,12H2,(H2,19,23)(H,21,28). The van der Waals surface area contributed by atoms with Gasteiger partial charge in [0.15, 0.2) is 5.69 Å². The zero-order chi connectivity index (χ0) is 20.1. The van der Waals surface area contributed by atoms with Crippen molar-refractivity contribution in [1.82, 2.24) is 40.5 Å². The van der Waals surface area contributed by atoms with Gasteiger partial charge in [0.1, 0.15) is 0 Å². The van der Waals surface area contributed by atoms with Gasteiger partial charge in [0.05, 0.1) is 5.69 Å². The molecule has 0 unspecified atom stereocenters. The molecule has 3 aromatic rings. The number of likely N-dealkylation sites (tertiary alicyclic amines) is 1. The number of carbonyl (C=O) groups excluding carboxylic acids is 1. The molecular formula is C18H23N9O2. The smallest absolute Gasteiger partial charge is 0.273 e. The van der Waals surface area contributed by atoms with Crippen LogP contribution in [0.3, 0.4) is 0 Å². The highest BCUT2D eigenvalue weighted by atomic mass is 16.6. The summed E-state index contributed by atoms with van der Waals surface area (Å²) in [6.07, 6.45) is 7.65. The van der Waals surface area contributed by atoms with E-state index >= 15 is 0 Å². The number of piperidine rings is 1. The summed E-state index contributed by atoms with van der Waals surface area (Å²) in [5, 5.41) is 18.5. The summed E-state index contributed by atoms with van der Waals surface area (Å²) in [7, 11) is 0. The first-order valence-electron chi connectivity index (χ1n) is 9.65. The minimum atomic E-state index is -0.290.